The molecule has 0 unspecified atom stereocenters. The van der Waals surface area contributed by atoms with Gasteiger partial charge in [0.15, 0.2) is 0 Å². The Morgan fingerprint density at radius 3 is 2.69 bits per heavy atom. The lowest BCUT2D eigenvalue weighted by Crippen LogP contribution is -2.43. The van der Waals surface area contributed by atoms with E-state index in [1.165, 1.54) is 57.8 Å². The van der Waals surface area contributed by atoms with E-state index in [-0.39, 0.29) is 0 Å². The summed E-state index contributed by atoms with van der Waals surface area (Å²) in [6, 6.07) is 0. The van der Waals surface area contributed by atoms with Gasteiger partial charge in [-0.2, -0.15) is 0 Å². The first-order valence-corrected chi connectivity index (χ1v) is 6.12. The Bertz CT molecular complexity index is 125. The van der Waals surface area contributed by atoms with Crippen LogP contribution in [0.25, 0.3) is 0 Å². The van der Waals surface area contributed by atoms with Crippen molar-refractivity contribution in [3.05, 3.63) is 0 Å². The number of nitrogens with zero attached hydrogens (tertiary/aromatic N) is 1. The number of hydrogen-bond donors (Lipinski definition) is 0. The van der Waals surface area contributed by atoms with E-state index < -0.39 is 0 Å². The Labute approximate surface area is 84.0 Å². The van der Waals surface area contributed by atoms with Crippen LogP contribution >= 0.6 is 0 Å². The van der Waals surface area contributed by atoms with Gasteiger partial charge in [-0.1, -0.05) is 45.8 Å². The maximum absolute atomic E-state index is 2.72. The van der Waals surface area contributed by atoms with Crippen molar-refractivity contribution in [1.82, 2.24) is 4.81 Å². The molecule has 76 valence electrons. The Morgan fingerprint density at radius 2 is 2.00 bits per heavy atom. The second-order valence-electron chi connectivity index (χ2n) is 4.33. The molecule has 0 aromatic carbocycles. The molecule has 0 amide bonds. The molecule has 2 heteroatoms. The van der Waals surface area contributed by atoms with Gasteiger partial charge in [0, 0.05) is 0 Å². The third-order valence-corrected chi connectivity index (χ3v) is 3.15. The van der Waals surface area contributed by atoms with E-state index in [1.54, 1.807) is 0 Å². The summed E-state index contributed by atoms with van der Waals surface area (Å²) in [5, 5.41) is 0. The molecule has 0 atom stereocenters. The molecule has 0 aliphatic carbocycles. The van der Waals surface area contributed by atoms with Crippen LogP contribution in [0.3, 0.4) is 0 Å². The van der Waals surface area contributed by atoms with Gasteiger partial charge in [0.2, 0.25) is 6.85 Å². The topological polar surface area (TPSA) is 3.24 Å². The molecule has 1 saturated heterocycles. The van der Waals surface area contributed by atoms with Crippen LogP contribution in [0, 0.1) is 0 Å². The zero-order valence-corrected chi connectivity index (χ0v) is 9.39. The summed E-state index contributed by atoms with van der Waals surface area (Å²) in [6.07, 6.45) is 9.90. The molecular formula is C11H24BN. The maximum Gasteiger partial charge on any atom is 0.223 e. The van der Waals surface area contributed by atoms with Crippen LogP contribution in [0.1, 0.15) is 46.0 Å². The molecule has 1 aliphatic rings. The van der Waals surface area contributed by atoms with E-state index in [2.05, 4.69) is 18.7 Å². The average molecular weight is 181 g/mol. The Morgan fingerprint density at radius 1 is 1.15 bits per heavy atom. The summed E-state index contributed by atoms with van der Waals surface area (Å²) in [5.74, 6) is 0. The minimum Gasteiger partial charge on any atom is -0.342 e. The van der Waals surface area contributed by atoms with Gasteiger partial charge in [0.1, 0.15) is 0 Å². The van der Waals surface area contributed by atoms with Gasteiger partial charge >= 0.3 is 0 Å². The van der Waals surface area contributed by atoms with Crippen molar-refractivity contribution < 1.29 is 0 Å². The molecule has 0 bridgehead atoms. The summed E-state index contributed by atoms with van der Waals surface area (Å²) in [5.41, 5.74) is 0. The summed E-state index contributed by atoms with van der Waals surface area (Å²) in [6.45, 7) is 8.21. The standard InChI is InChI=1S/C11H24BN/c1-3-5-8-12-9-6-7-11-13(12)10-4-2/h3-11H2,1-2H3. The summed E-state index contributed by atoms with van der Waals surface area (Å²) in [7, 11) is 0. The van der Waals surface area contributed by atoms with Crippen molar-refractivity contribution in [2.75, 3.05) is 13.1 Å². The first-order chi connectivity index (χ1) is 6.38. The molecule has 1 rings (SSSR count). The predicted octanol–water partition coefficient (Wildman–Crippen LogP) is 3.28. The van der Waals surface area contributed by atoms with Crippen LogP contribution in [0.5, 0.6) is 0 Å². The van der Waals surface area contributed by atoms with E-state index in [1.807, 2.05) is 0 Å². The monoisotopic (exact) mass is 181 g/mol. The second kappa shape index (κ2) is 6.47. The molecule has 1 heterocycles. The largest absolute Gasteiger partial charge is 0.342 e. The summed E-state index contributed by atoms with van der Waals surface area (Å²) >= 11 is 0. The van der Waals surface area contributed by atoms with Crippen LogP contribution in [-0.4, -0.2) is 24.7 Å². The van der Waals surface area contributed by atoms with Crippen LogP contribution in [0.15, 0.2) is 0 Å². The first kappa shape index (κ1) is 11.1. The van der Waals surface area contributed by atoms with Crippen molar-refractivity contribution in [3.63, 3.8) is 0 Å². The normalized spacial score (nSPS) is 19.4. The summed E-state index contributed by atoms with van der Waals surface area (Å²) < 4.78 is 0. The third kappa shape index (κ3) is 3.72. The van der Waals surface area contributed by atoms with Gasteiger partial charge in [-0.3, -0.25) is 0 Å². The Balaban J connectivity index is 2.28. The predicted molar refractivity (Wildman–Crippen MR) is 61.4 cm³/mol. The highest BCUT2D eigenvalue weighted by molar-refractivity contribution is 6.55. The maximum atomic E-state index is 2.72. The molecule has 0 radical (unpaired) electrons. The molecule has 0 N–H and O–H groups in total. The fourth-order valence-electron chi connectivity index (χ4n) is 2.41. The molecule has 1 fully saturated rings. The summed E-state index contributed by atoms with van der Waals surface area (Å²) in [4.78, 5) is 2.72. The minimum atomic E-state index is 0.925. The van der Waals surface area contributed by atoms with Gasteiger partial charge in [-0.15, -0.1) is 0 Å². The van der Waals surface area contributed by atoms with Gasteiger partial charge in [-0.25, -0.2) is 0 Å². The average Bonchev–Trinajstić information content (AvgIpc) is 2.17. The molecule has 0 spiro atoms. The molecule has 1 nitrogen and oxygen atoms in total. The van der Waals surface area contributed by atoms with E-state index >= 15 is 0 Å². The molecular weight excluding hydrogens is 157 g/mol. The fraction of sp³-hybridized carbons (Fsp3) is 1.00. The van der Waals surface area contributed by atoms with Crippen molar-refractivity contribution in [2.45, 2.75) is 58.6 Å². The lowest BCUT2D eigenvalue weighted by atomic mass is 9.51. The van der Waals surface area contributed by atoms with Crippen LogP contribution < -0.4 is 0 Å². The van der Waals surface area contributed by atoms with Crippen molar-refractivity contribution in [1.29, 1.82) is 0 Å². The highest BCUT2D eigenvalue weighted by atomic mass is 15.1. The van der Waals surface area contributed by atoms with Crippen LogP contribution in [0.4, 0.5) is 0 Å². The van der Waals surface area contributed by atoms with Gasteiger partial charge in [0.25, 0.3) is 0 Å². The van der Waals surface area contributed by atoms with Gasteiger partial charge < -0.3 is 4.81 Å². The lowest BCUT2D eigenvalue weighted by Gasteiger charge is -2.33. The van der Waals surface area contributed by atoms with Gasteiger partial charge in [-0.05, 0) is 25.9 Å². The first-order valence-electron chi connectivity index (χ1n) is 6.12. The van der Waals surface area contributed by atoms with Crippen molar-refractivity contribution in [2.24, 2.45) is 0 Å². The van der Waals surface area contributed by atoms with E-state index in [0.717, 1.165) is 6.85 Å². The van der Waals surface area contributed by atoms with Crippen molar-refractivity contribution in [3.8, 4) is 0 Å². The highest BCUT2D eigenvalue weighted by Gasteiger charge is 2.24. The molecule has 13 heavy (non-hydrogen) atoms. The molecule has 1 aliphatic heterocycles. The lowest BCUT2D eigenvalue weighted by molar-refractivity contribution is 0.391. The van der Waals surface area contributed by atoms with E-state index in [0.29, 0.717) is 0 Å². The molecule has 0 saturated carbocycles. The van der Waals surface area contributed by atoms with E-state index in [9.17, 15) is 0 Å². The molecule has 0 aromatic heterocycles. The highest BCUT2D eigenvalue weighted by Crippen LogP contribution is 2.19. The zero-order chi connectivity index (χ0) is 9.52. The number of unbranched alkanes of at least 4 members (excludes halogenated alkanes) is 1. The molecule has 0 aromatic rings. The van der Waals surface area contributed by atoms with Crippen molar-refractivity contribution >= 4 is 6.85 Å². The Kier molecular flexibility index (Phi) is 5.53. The smallest absolute Gasteiger partial charge is 0.223 e. The third-order valence-electron chi connectivity index (χ3n) is 3.15. The van der Waals surface area contributed by atoms with Gasteiger partial charge in [0.05, 0.1) is 0 Å². The second-order valence-corrected chi connectivity index (χ2v) is 4.33. The number of rotatable bonds is 5. The zero-order valence-electron chi connectivity index (χ0n) is 9.39. The van der Waals surface area contributed by atoms with E-state index in [4.69, 9.17) is 0 Å². The fourth-order valence-corrected chi connectivity index (χ4v) is 2.41. The number of hydrogen-bond acceptors (Lipinski definition) is 1. The van der Waals surface area contributed by atoms with Crippen LogP contribution in [-0.2, 0) is 0 Å². The van der Waals surface area contributed by atoms with Crippen LogP contribution in [0.2, 0.25) is 12.6 Å². The minimum absolute atomic E-state index is 0.925. The SMILES string of the molecule is CCCCB1CCCCN1CCC. The Hall–Kier alpha value is 0.0249. The quantitative estimate of drug-likeness (QED) is 0.588.